The van der Waals surface area contributed by atoms with E-state index in [0.29, 0.717) is 5.69 Å². The summed E-state index contributed by atoms with van der Waals surface area (Å²) in [6, 6.07) is 1.71. The molecule has 3 nitrogen and oxygen atoms in total. The minimum atomic E-state index is -0.511. The minimum Gasteiger partial charge on any atom is -0.397 e. The van der Waals surface area contributed by atoms with Crippen molar-refractivity contribution >= 4 is 5.69 Å². The number of rotatable bonds is 1. The molecule has 1 aromatic heterocycles. The molecular formula is C7H10N2O. The maximum atomic E-state index is 9.10. The van der Waals surface area contributed by atoms with Crippen molar-refractivity contribution in [3.05, 3.63) is 24.0 Å². The largest absolute Gasteiger partial charge is 0.397 e. The molecule has 3 N–H and O–H groups in total. The first-order valence-corrected chi connectivity index (χ1v) is 3.09. The summed E-state index contributed by atoms with van der Waals surface area (Å²) in [6.07, 6.45) is 2.63. The van der Waals surface area contributed by atoms with E-state index in [0.717, 1.165) is 5.56 Å². The van der Waals surface area contributed by atoms with Crippen LogP contribution in [-0.2, 0) is 0 Å². The van der Waals surface area contributed by atoms with Crippen molar-refractivity contribution in [1.29, 1.82) is 0 Å². The van der Waals surface area contributed by atoms with Crippen LogP contribution in [0.1, 0.15) is 18.6 Å². The van der Waals surface area contributed by atoms with Crippen LogP contribution in [0, 0.1) is 0 Å². The lowest BCUT2D eigenvalue weighted by atomic mass is 10.1. The van der Waals surface area contributed by atoms with E-state index in [2.05, 4.69) is 4.98 Å². The second-order valence-electron chi connectivity index (χ2n) is 2.18. The van der Waals surface area contributed by atoms with Crippen molar-refractivity contribution in [1.82, 2.24) is 4.98 Å². The molecular weight excluding hydrogens is 128 g/mol. The van der Waals surface area contributed by atoms with E-state index >= 15 is 0 Å². The average molecular weight is 138 g/mol. The van der Waals surface area contributed by atoms with Crippen LogP contribution in [-0.4, -0.2) is 10.1 Å². The van der Waals surface area contributed by atoms with Crippen molar-refractivity contribution < 1.29 is 5.11 Å². The van der Waals surface area contributed by atoms with Crippen LogP contribution in [0.3, 0.4) is 0 Å². The molecule has 0 aliphatic heterocycles. The maximum absolute atomic E-state index is 9.10. The van der Waals surface area contributed by atoms with Crippen LogP contribution in [0.15, 0.2) is 18.5 Å². The van der Waals surface area contributed by atoms with Gasteiger partial charge in [-0.25, -0.2) is 0 Å². The van der Waals surface area contributed by atoms with Gasteiger partial charge >= 0.3 is 0 Å². The van der Waals surface area contributed by atoms with Gasteiger partial charge in [0.1, 0.15) is 0 Å². The first kappa shape index (κ1) is 7.02. The Morgan fingerprint density at radius 2 is 2.40 bits per heavy atom. The number of nitrogens with zero attached hydrogens (tertiary/aromatic N) is 1. The molecule has 0 bridgehead atoms. The fourth-order valence-electron chi connectivity index (χ4n) is 0.798. The first-order valence-electron chi connectivity index (χ1n) is 3.09. The Morgan fingerprint density at radius 1 is 1.70 bits per heavy atom. The number of nitrogen functional groups attached to an aromatic ring is 1. The molecule has 10 heavy (non-hydrogen) atoms. The van der Waals surface area contributed by atoms with Gasteiger partial charge in [0.15, 0.2) is 0 Å². The van der Waals surface area contributed by atoms with Crippen LogP contribution in [0.4, 0.5) is 5.69 Å². The fourth-order valence-corrected chi connectivity index (χ4v) is 0.798. The molecule has 1 atom stereocenters. The smallest absolute Gasteiger partial charge is 0.0782 e. The molecule has 0 saturated heterocycles. The number of pyridine rings is 1. The van der Waals surface area contributed by atoms with Gasteiger partial charge in [-0.3, -0.25) is 4.98 Å². The third-order valence-electron chi connectivity index (χ3n) is 1.34. The average Bonchev–Trinajstić information content (AvgIpc) is 1.88. The molecule has 54 valence electrons. The number of anilines is 1. The van der Waals surface area contributed by atoms with Crippen molar-refractivity contribution in [2.45, 2.75) is 13.0 Å². The molecule has 0 aromatic carbocycles. The van der Waals surface area contributed by atoms with E-state index in [-0.39, 0.29) is 0 Å². The Balaban J connectivity index is 3.03. The summed E-state index contributed by atoms with van der Waals surface area (Å²) in [4.78, 5) is 3.79. The van der Waals surface area contributed by atoms with Gasteiger partial charge in [0.2, 0.25) is 0 Å². The fraction of sp³-hybridized carbons (Fsp3) is 0.286. The quantitative estimate of drug-likeness (QED) is 0.601. The molecule has 0 radical (unpaired) electrons. The number of hydrogen-bond acceptors (Lipinski definition) is 3. The van der Waals surface area contributed by atoms with E-state index in [1.165, 1.54) is 6.20 Å². The third-order valence-corrected chi connectivity index (χ3v) is 1.34. The highest BCUT2D eigenvalue weighted by Gasteiger charge is 2.02. The maximum Gasteiger partial charge on any atom is 0.0782 e. The molecule has 0 aliphatic rings. The second-order valence-corrected chi connectivity index (χ2v) is 2.18. The number of aliphatic hydroxyl groups is 1. The van der Waals surface area contributed by atoms with Gasteiger partial charge in [-0.05, 0) is 13.0 Å². The van der Waals surface area contributed by atoms with E-state index in [1.807, 2.05) is 0 Å². The van der Waals surface area contributed by atoms with Crippen molar-refractivity contribution in [2.75, 3.05) is 5.73 Å². The zero-order valence-corrected chi connectivity index (χ0v) is 5.78. The molecule has 0 aliphatic carbocycles. The summed E-state index contributed by atoms with van der Waals surface area (Å²) in [5.74, 6) is 0. The Bertz CT molecular complexity index is 223. The van der Waals surface area contributed by atoms with Gasteiger partial charge < -0.3 is 10.8 Å². The summed E-state index contributed by atoms with van der Waals surface area (Å²) in [5, 5.41) is 9.10. The lowest BCUT2D eigenvalue weighted by Crippen LogP contribution is -1.98. The standard InChI is InChI=1S/C7H10N2O/c1-5(10)6-2-3-9-4-7(6)8/h2-5,10H,8H2,1H3/t5-/m1/s1. The topological polar surface area (TPSA) is 59.1 Å². The highest BCUT2D eigenvalue weighted by atomic mass is 16.3. The van der Waals surface area contributed by atoms with Gasteiger partial charge in [0.25, 0.3) is 0 Å². The van der Waals surface area contributed by atoms with Crippen molar-refractivity contribution in [2.24, 2.45) is 0 Å². The zero-order valence-electron chi connectivity index (χ0n) is 5.78. The summed E-state index contributed by atoms with van der Waals surface area (Å²) in [6.45, 7) is 1.67. The van der Waals surface area contributed by atoms with Crippen LogP contribution in [0.25, 0.3) is 0 Å². The van der Waals surface area contributed by atoms with Gasteiger partial charge in [-0.15, -0.1) is 0 Å². The number of hydrogen-bond donors (Lipinski definition) is 2. The summed E-state index contributed by atoms with van der Waals surface area (Å²) < 4.78 is 0. The molecule has 0 saturated carbocycles. The van der Waals surface area contributed by atoms with Crippen molar-refractivity contribution in [3.8, 4) is 0 Å². The van der Waals surface area contributed by atoms with E-state index < -0.39 is 6.10 Å². The highest BCUT2D eigenvalue weighted by molar-refractivity contribution is 5.44. The lowest BCUT2D eigenvalue weighted by Gasteiger charge is -2.05. The summed E-state index contributed by atoms with van der Waals surface area (Å²) in [7, 11) is 0. The predicted octanol–water partition coefficient (Wildman–Crippen LogP) is 0.717. The normalized spacial score (nSPS) is 13.0. The van der Waals surface area contributed by atoms with Crippen LogP contribution >= 0.6 is 0 Å². The molecule has 0 amide bonds. The Morgan fingerprint density at radius 3 is 2.80 bits per heavy atom. The Labute approximate surface area is 59.5 Å². The van der Waals surface area contributed by atoms with E-state index in [1.54, 1.807) is 19.2 Å². The van der Waals surface area contributed by atoms with E-state index in [9.17, 15) is 0 Å². The monoisotopic (exact) mass is 138 g/mol. The molecule has 3 heteroatoms. The minimum absolute atomic E-state index is 0.511. The van der Waals surface area contributed by atoms with Crippen LogP contribution in [0.5, 0.6) is 0 Å². The lowest BCUT2D eigenvalue weighted by molar-refractivity contribution is 0.200. The van der Waals surface area contributed by atoms with E-state index in [4.69, 9.17) is 10.8 Å². The van der Waals surface area contributed by atoms with Gasteiger partial charge in [-0.1, -0.05) is 0 Å². The van der Waals surface area contributed by atoms with Gasteiger partial charge in [0, 0.05) is 11.8 Å². The molecule has 0 unspecified atom stereocenters. The van der Waals surface area contributed by atoms with Crippen molar-refractivity contribution in [3.63, 3.8) is 0 Å². The Kier molecular flexibility index (Phi) is 1.87. The molecule has 0 fully saturated rings. The first-order chi connectivity index (χ1) is 4.72. The van der Waals surface area contributed by atoms with Gasteiger partial charge in [0.05, 0.1) is 18.0 Å². The molecule has 1 aromatic rings. The summed E-state index contributed by atoms with van der Waals surface area (Å²) in [5.41, 5.74) is 6.77. The summed E-state index contributed by atoms with van der Waals surface area (Å²) >= 11 is 0. The van der Waals surface area contributed by atoms with Crippen LogP contribution < -0.4 is 5.73 Å². The highest BCUT2D eigenvalue weighted by Crippen LogP contribution is 2.16. The van der Waals surface area contributed by atoms with Crippen LogP contribution in [0.2, 0.25) is 0 Å². The number of nitrogens with two attached hydrogens (primary N) is 1. The molecule has 1 heterocycles. The predicted molar refractivity (Wildman–Crippen MR) is 39.3 cm³/mol. The second kappa shape index (κ2) is 2.66. The van der Waals surface area contributed by atoms with Gasteiger partial charge in [-0.2, -0.15) is 0 Å². The number of aromatic nitrogens is 1. The zero-order chi connectivity index (χ0) is 7.56. The molecule has 0 spiro atoms. The third kappa shape index (κ3) is 1.25. The molecule has 1 rings (SSSR count). The Hall–Kier alpha value is -1.09. The SMILES string of the molecule is C[C@@H](O)c1ccncc1N. The number of aliphatic hydroxyl groups excluding tert-OH is 1.